The van der Waals surface area contributed by atoms with Gasteiger partial charge in [-0.2, -0.15) is 0 Å². The lowest BCUT2D eigenvalue weighted by Crippen LogP contribution is -2.43. The second kappa shape index (κ2) is 7.88. The number of rotatable bonds is 5. The molecule has 3 rings (SSSR count). The molecule has 126 valence electrons. The topological polar surface area (TPSA) is 65.5 Å². The van der Waals surface area contributed by atoms with Crippen molar-refractivity contribution in [2.24, 2.45) is 5.92 Å². The Kier molecular flexibility index (Phi) is 5.62. The largest absolute Gasteiger partial charge is 0.392 e. The van der Waals surface area contributed by atoms with Crippen LogP contribution in [-0.4, -0.2) is 46.1 Å². The van der Waals surface area contributed by atoms with Gasteiger partial charge in [-0.1, -0.05) is 25.3 Å². The van der Waals surface area contributed by atoms with E-state index in [-0.39, 0.29) is 12.0 Å². The number of carbonyl (C=O) groups is 1. The summed E-state index contributed by atoms with van der Waals surface area (Å²) >= 11 is 0. The number of hydrogen-bond acceptors (Lipinski definition) is 4. The molecule has 1 aromatic heterocycles. The van der Waals surface area contributed by atoms with Crippen molar-refractivity contribution in [1.82, 2.24) is 15.2 Å². The molecule has 0 aromatic carbocycles. The molecule has 23 heavy (non-hydrogen) atoms. The Morgan fingerprint density at radius 1 is 1.30 bits per heavy atom. The van der Waals surface area contributed by atoms with Gasteiger partial charge in [-0.15, -0.1) is 0 Å². The van der Waals surface area contributed by atoms with E-state index in [1.807, 2.05) is 18.2 Å². The molecular formula is C18H27N3O2. The molecule has 0 unspecified atom stereocenters. The first-order valence-electron chi connectivity index (χ1n) is 8.81. The van der Waals surface area contributed by atoms with Crippen molar-refractivity contribution < 1.29 is 9.90 Å². The fourth-order valence-corrected chi connectivity index (χ4v) is 4.03. The molecule has 0 spiro atoms. The molecule has 5 nitrogen and oxygen atoms in total. The third kappa shape index (κ3) is 4.52. The number of nitrogens with zero attached hydrogens (tertiary/aromatic N) is 2. The number of nitrogens with one attached hydrogen (secondary N) is 1. The Bertz CT molecular complexity index is 502. The zero-order valence-electron chi connectivity index (χ0n) is 13.7. The second-order valence-electron chi connectivity index (χ2n) is 6.88. The number of aliphatic hydroxyl groups excluding tert-OH is 1. The lowest BCUT2D eigenvalue weighted by atomic mass is 9.83. The molecule has 0 radical (unpaired) electrons. The smallest absolute Gasteiger partial charge is 0.234 e. The highest BCUT2D eigenvalue weighted by atomic mass is 16.3. The highest BCUT2D eigenvalue weighted by molar-refractivity contribution is 5.78. The summed E-state index contributed by atoms with van der Waals surface area (Å²) in [6.45, 7) is 1.47. The molecule has 2 heterocycles. The summed E-state index contributed by atoms with van der Waals surface area (Å²) in [4.78, 5) is 18.6. The Morgan fingerprint density at radius 3 is 2.87 bits per heavy atom. The average molecular weight is 317 g/mol. The van der Waals surface area contributed by atoms with Crippen molar-refractivity contribution in [2.45, 2.75) is 57.2 Å². The Labute approximate surface area is 138 Å². The molecule has 1 saturated heterocycles. The van der Waals surface area contributed by atoms with Gasteiger partial charge >= 0.3 is 0 Å². The van der Waals surface area contributed by atoms with E-state index in [4.69, 9.17) is 0 Å². The van der Waals surface area contributed by atoms with Crippen molar-refractivity contribution in [3.05, 3.63) is 30.1 Å². The van der Waals surface area contributed by atoms with Crippen LogP contribution in [0.4, 0.5) is 0 Å². The fraction of sp³-hybridized carbons (Fsp3) is 0.667. The van der Waals surface area contributed by atoms with E-state index in [1.165, 1.54) is 32.1 Å². The fourth-order valence-electron chi connectivity index (χ4n) is 4.03. The quantitative estimate of drug-likeness (QED) is 0.868. The maximum absolute atomic E-state index is 12.2. The standard InChI is InChI=1S/C18H27N3O2/c22-16-10-17(14-6-2-1-3-7-14)21(12-16)13-18(23)20-11-15-8-4-5-9-19-15/h4-5,8-9,14,16-17,22H,1-3,6-7,10-13H2,(H,20,23)/t16-,17+/m0/s1. The number of β-amino-alcohol motifs (C(OH)–C–C–N with tert-alkyl or cyclic N) is 1. The van der Waals surface area contributed by atoms with E-state index in [2.05, 4.69) is 15.2 Å². The lowest BCUT2D eigenvalue weighted by molar-refractivity contribution is -0.123. The molecule has 1 amide bonds. The van der Waals surface area contributed by atoms with E-state index in [1.54, 1.807) is 6.20 Å². The molecule has 1 saturated carbocycles. The zero-order chi connectivity index (χ0) is 16.1. The number of aromatic nitrogens is 1. The summed E-state index contributed by atoms with van der Waals surface area (Å²) in [6.07, 6.45) is 8.65. The van der Waals surface area contributed by atoms with Crippen molar-refractivity contribution in [3.8, 4) is 0 Å². The van der Waals surface area contributed by atoms with Crippen LogP contribution in [0.1, 0.15) is 44.2 Å². The lowest BCUT2D eigenvalue weighted by Gasteiger charge is -2.33. The Hall–Kier alpha value is -1.46. The van der Waals surface area contributed by atoms with Crippen molar-refractivity contribution in [2.75, 3.05) is 13.1 Å². The summed E-state index contributed by atoms with van der Waals surface area (Å²) in [5, 5.41) is 13.0. The highest BCUT2D eigenvalue weighted by Crippen LogP contribution is 2.34. The van der Waals surface area contributed by atoms with Gasteiger partial charge in [0.1, 0.15) is 0 Å². The molecule has 0 bridgehead atoms. The molecule has 1 aliphatic carbocycles. The van der Waals surface area contributed by atoms with Gasteiger partial charge in [0.2, 0.25) is 5.91 Å². The van der Waals surface area contributed by atoms with E-state index >= 15 is 0 Å². The zero-order valence-corrected chi connectivity index (χ0v) is 13.7. The maximum Gasteiger partial charge on any atom is 0.234 e. The van der Waals surface area contributed by atoms with E-state index in [0.29, 0.717) is 31.6 Å². The van der Waals surface area contributed by atoms with Crippen LogP contribution >= 0.6 is 0 Å². The van der Waals surface area contributed by atoms with Crippen LogP contribution in [0.3, 0.4) is 0 Å². The Morgan fingerprint density at radius 2 is 2.13 bits per heavy atom. The van der Waals surface area contributed by atoms with Crippen molar-refractivity contribution in [3.63, 3.8) is 0 Å². The van der Waals surface area contributed by atoms with E-state index in [0.717, 1.165) is 12.1 Å². The van der Waals surface area contributed by atoms with Gasteiger partial charge in [0.05, 0.1) is 24.9 Å². The number of pyridine rings is 1. The van der Waals surface area contributed by atoms with Gasteiger partial charge in [0.25, 0.3) is 0 Å². The van der Waals surface area contributed by atoms with E-state index < -0.39 is 0 Å². The number of likely N-dealkylation sites (tertiary alicyclic amines) is 1. The predicted molar refractivity (Wildman–Crippen MR) is 88.6 cm³/mol. The van der Waals surface area contributed by atoms with Crippen molar-refractivity contribution in [1.29, 1.82) is 0 Å². The third-order valence-corrected chi connectivity index (χ3v) is 5.16. The summed E-state index contributed by atoms with van der Waals surface area (Å²) in [5.74, 6) is 0.662. The number of carbonyl (C=O) groups excluding carboxylic acids is 1. The average Bonchev–Trinajstić information content (AvgIpc) is 2.95. The summed E-state index contributed by atoms with van der Waals surface area (Å²) in [6, 6.07) is 6.06. The van der Waals surface area contributed by atoms with Gasteiger partial charge < -0.3 is 10.4 Å². The molecule has 1 aliphatic heterocycles. The predicted octanol–water partition coefficient (Wildman–Crippen LogP) is 1.71. The van der Waals surface area contributed by atoms with Crippen LogP contribution in [-0.2, 0) is 11.3 Å². The van der Waals surface area contributed by atoms with Crippen molar-refractivity contribution >= 4 is 5.91 Å². The molecule has 2 fully saturated rings. The van der Waals surface area contributed by atoms with Gasteiger partial charge in [0.15, 0.2) is 0 Å². The van der Waals surface area contributed by atoms with Crippen LogP contribution in [0, 0.1) is 5.92 Å². The molecule has 2 aliphatic rings. The summed E-state index contributed by atoms with van der Waals surface area (Å²) in [7, 11) is 0. The van der Waals surface area contributed by atoms with Crippen LogP contribution in [0.5, 0.6) is 0 Å². The summed E-state index contributed by atoms with van der Waals surface area (Å²) in [5.41, 5.74) is 0.867. The number of hydrogen-bond donors (Lipinski definition) is 2. The third-order valence-electron chi connectivity index (χ3n) is 5.16. The monoisotopic (exact) mass is 317 g/mol. The first-order chi connectivity index (χ1) is 11.2. The SMILES string of the molecule is O=C(CN1C[C@@H](O)C[C@@H]1C1CCCCC1)NCc1ccccn1. The van der Waals surface area contributed by atoms with Gasteiger partial charge in [-0.05, 0) is 37.3 Å². The maximum atomic E-state index is 12.2. The van der Waals surface area contributed by atoms with E-state index in [9.17, 15) is 9.90 Å². The number of amides is 1. The summed E-state index contributed by atoms with van der Waals surface area (Å²) < 4.78 is 0. The molecule has 5 heteroatoms. The first kappa shape index (κ1) is 16.4. The first-order valence-corrected chi connectivity index (χ1v) is 8.81. The van der Waals surface area contributed by atoms with Gasteiger partial charge in [-0.3, -0.25) is 14.7 Å². The molecule has 2 atom stereocenters. The van der Waals surface area contributed by atoms with Crippen LogP contribution in [0.2, 0.25) is 0 Å². The normalized spacial score (nSPS) is 26.3. The highest BCUT2D eigenvalue weighted by Gasteiger charge is 2.37. The molecule has 1 aromatic rings. The minimum atomic E-state index is -0.287. The van der Waals surface area contributed by atoms with Crippen LogP contribution < -0.4 is 5.32 Å². The Balaban J connectivity index is 1.51. The van der Waals surface area contributed by atoms with Crippen LogP contribution in [0.15, 0.2) is 24.4 Å². The van der Waals surface area contributed by atoms with Gasteiger partial charge in [-0.25, -0.2) is 0 Å². The minimum absolute atomic E-state index is 0.0190. The van der Waals surface area contributed by atoms with Crippen LogP contribution in [0.25, 0.3) is 0 Å². The second-order valence-corrected chi connectivity index (χ2v) is 6.88. The number of aliphatic hydroxyl groups is 1. The molecular weight excluding hydrogens is 290 g/mol. The minimum Gasteiger partial charge on any atom is -0.392 e. The molecule has 2 N–H and O–H groups in total. The van der Waals surface area contributed by atoms with Gasteiger partial charge in [0, 0.05) is 18.8 Å².